The molecule has 1 fully saturated rings. The van der Waals surface area contributed by atoms with Gasteiger partial charge < -0.3 is 0 Å². The van der Waals surface area contributed by atoms with Crippen LogP contribution in [0.15, 0.2) is 60.7 Å². The Morgan fingerprint density at radius 2 is 1.29 bits per heavy atom. The highest BCUT2D eigenvalue weighted by molar-refractivity contribution is 5.33. The molecule has 0 unspecified atom stereocenters. The molecule has 2 aromatic rings. The zero-order valence-electron chi connectivity index (χ0n) is 13.2. The van der Waals surface area contributed by atoms with Crippen LogP contribution in [0.25, 0.3) is 0 Å². The molecule has 0 heteroatoms. The van der Waals surface area contributed by atoms with Gasteiger partial charge in [-0.3, -0.25) is 0 Å². The van der Waals surface area contributed by atoms with Gasteiger partial charge in [0.05, 0.1) is 0 Å². The molecule has 0 aromatic heterocycles. The summed E-state index contributed by atoms with van der Waals surface area (Å²) in [5, 5.41) is 0. The van der Waals surface area contributed by atoms with E-state index in [-0.39, 0.29) is 0 Å². The molecule has 1 saturated carbocycles. The molecule has 1 aliphatic rings. The van der Waals surface area contributed by atoms with Crippen LogP contribution in [0.5, 0.6) is 0 Å². The standard InChI is InChI=1S/C21H26/c1-16-13-14-20(17(2)15-16)21(18-9-5-3-6-10-18)19-11-7-4-8-12-19/h3-12,16-17,20-21H,13-15H2,1-2H3/t16-,17-,20-/m1/s1. The van der Waals surface area contributed by atoms with Gasteiger partial charge in [0, 0.05) is 5.92 Å². The van der Waals surface area contributed by atoms with Crippen molar-refractivity contribution in [1.82, 2.24) is 0 Å². The lowest BCUT2D eigenvalue weighted by atomic mass is 9.66. The second-order valence-electron chi connectivity index (χ2n) is 6.86. The van der Waals surface area contributed by atoms with Crippen molar-refractivity contribution in [3.63, 3.8) is 0 Å². The molecule has 0 bridgehead atoms. The molecule has 3 atom stereocenters. The summed E-state index contributed by atoms with van der Waals surface area (Å²) < 4.78 is 0. The molecule has 0 nitrogen and oxygen atoms in total. The van der Waals surface area contributed by atoms with E-state index in [4.69, 9.17) is 0 Å². The average molecular weight is 278 g/mol. The van der Waals surface area contributed by atoms with E-state index < -0.39 is 0 Å². The SMILES string of the molecule is C[C@@H]1CC[C@@H](C(c2ccccc2)c2ccccc2)[C@H](C)C1. The number of benzene rings is 2. The normalized spacial score (nSPS) is 26.0. The summed E-state index contributed by atoms with van der Waals surface area (Å²) in [6.07, 6.45) is 4.11. The van der Waals surface area contributed by atoms with Crippen molar-refractivity contribution in [3.8, 4) is 0 Å². The minimum atomic E-state index is 0.551. The molecule has 21 heavy (non-hydrogen) atoms. The Morgan fingerprint density at radius 1 is 0.762 bits per heavy atom. The molecule has 0 spiro atoms. The highest BCUT2D eigenvalue weighted by atomic mass is 14.4. The van der Waals surface area contributed by atoms with Crippen molar-refractivity contribution in [1.29, 1.82) is 0 Å². The first-order chi connectivity index (χ1) is 10.3. The Hall–Kier alpha value is -1.56. The van der Waals surface area contributed by atoms with Crippen molar-refractivity contribution in [2.24, 2.45) is 17.8 Å². The van der Waals surface area contributed by atoms with Gasteiger partial charge in [0.2, 0.25) is 0 Å². The summed E-state index contributed by atoms with van der Waals surface area (Å²) >= 11 is 0. The zero-order valence-corrected chi connectivity index (χ0v) is 13.2. The molecule has 0 radical (unpaired) electrons. The molecule has 2 aromatic carbocycles. The monoisotopic (exact) mass is 278 g/mol. The molecule has 0 N–H and O–H groups in total. The summed E-state index contributed by atoms with van der Waals surface area (Å²) in [5.74, 6) is 3.02. The van der Waals surface area contributed by atoms with E-state index in [1.165, 1.54) is 30.4 Å². The van der Waals surface area contributed by atoms with Crippen molar-refractivity contribution in [2.45, 2.75) is 39.0 Å². The van der Waals surface area contributed by atoms with Crippen LogP contribution >= 0.6 is 0 Å². The van der Waals surface area contributed by atoms with E-state index >= 15 is 0 Å². The first-order valence-electron chi connectivity index (χ1n) is 8.35. The van der Waals surface area contributed by atoms with Gasteiger partial charge in [0.15, 0.2) is 0 Å². The van der Waals surface area contributed by atoms with Crippen LogP contribution in [0.4, 0.5) is 0 Å². The van der Waals surface area contributed by atoms with Gasteiger partial charge in [-0.25, -0.2) is 0 Å². The first kappa shape index (κ1) is 14.4. The number of hydrogen-bond donors (Lipinski definition) is 0. The summed E-state index contributed by atoms with van der Waals surface area (Å²) in [6.45, 7) is 4.87. The van der Waals surface area contributed by atoms with E-state index in [1.807, 2.05) is 0 Å². The highest BCUT2D eigenvalue weighted by Crippen LogP contribution is 2.44. The van der Waals surface area contributed by atoms with Gasteiger partial charge in [-0.1, -0.05) is 80.9 Å². The smallest absolute Gasteiger partial charge is 0.0120 e. The van der Waals surface area contributed by atoms with E-state index in [9.17, 15) is 0 Å². The lowest BCUT2D eigenvalue weighted by Crippen LogP contribution is -2.27. The lowest BCUT2D eigenvalue weighted by molar-refractivity contribution is 0.187. The Morgan fingerprint density at radius 3 is 1.76 bits per heavy atom. The van der Waals surface area contributed by atoms with Gasteiger partial charge in [-0.2, -0.15) is 0 Å². The molecule has 0 aliphatic heterocycles. The van der Waals surface area contributed by atoms with Gasteiger partial charge in [0.1, 0.15) is 0 Å². The van der Waals surface area contributed by atoms with E-state index in [2.05, 4.69) is 74.5 Å². The molecular weight excluding hydrogens is 252 g/mol. The first-order valence-corrected chi connectivity index (χ1v) is 8.35. The second-order valence-corrected chi connectivity index (χ2v) is 6.86. The summed E-state index contributed by atoms with van der Waals surface area (Å²) in [5.41, 5.74) is 2.96. The predicted molar refractivity (Wildman–Crippen MR) is 90.4 cm³/mol. The lowest BCUT2D eigenvalue weighted by Gasteiger charge is -2.38. The predicted octanol–water partition coefficient (Wildman–Crippen LogP) is 5.89. The van der Waals surface area contributed by atoms with Crippen molar-refractivity contribution in [2.75, 3.05) is 0 Å². The Balaban J connectivity index is 1.97. The van der Waals surface area contributed by atoms with Gasteiger partial charge in [-0.15, -0.1) is 0 Å². The molecular formula is C21H26. The van der Waals surface area contributed by atoms with Crippen molar-refractivity contribution in [3.05, 3.63) is 71.8 Å². The quantitative estimate of drug-likeness (QED) is 0.656. The number of hydrogen-bond acceptors (Lipinski definition) is 0. The fourth-order valence-electron chi connectivity index (χ4n) is 4.19. The van der Waals surface area contributed by atoms with Crippen LogP contribution in [0.3, 0.4) is 0 Å². The molecule has 0 saturated heterocycles. The molecule has 110 valence electrons. The molecule has 3 rings (SSSR count). The van der Waals surface area contributed by atoms with Crippen molar-refractivity contribution < 1.29 is 0 Å². The highest BCUT2D eigenvalue weighted by Gasteiger charge is 2.33. The van der Waals surface area contributed by atoms with Crippen LogP contribution in [0.1, 0.15) is 50.2 Å². The minimum Gasteiger partial charge on any atom is -0.0625 e. The number of rotatable bonds is 3. The van der Waals surface area contributed by atoms with E-state index in [0.29, 0.717) is 5.92 Å². The third-order valence-corrected chi connectivity index (χ3v) is 5.24. The third kappa shape index (κ3) is 3.20. The van der Waals surface area contributed by atoms with E-state index in [1.54, 1.807) is 0 Å². The summed E-state index contributed by atoms with van der Waals surface area (Å²) in [7, 11) is 0. The molecule has 1 aliphatic carbocycles. The van der Waals surface area contributed by atoms with Crippen LogP contribution in [-0.4, -0.2) is 0 Å². The molecule has 0 amide bonds. The van der Waals surface area contributed by atoms with Gasteiger partial charge in [0.25, 0.3) is 0 Å². The second kappa shape index (κ2) is 6.47. The Labute approximate surface area is 129 Å². The maximum Gasteiger partial charge on any atom is 0.0120 e. The largest absolute Gasteiger partial charge is 0.0625 e. The van der Waals surface area contributed by atoms with E-state index in [0.717, 1.165) is 17.8 Å². The van der Waals surface area contributed by atoms with Crippen molar-refractivity contribution >= 4 is 0 Å². The van der Waals surface area contributed by atoms with Crippen LogP contribution in [0, 0.1) is 17.8 Å². The van der Waals surface area contributed by atoms with Gasteiger partial charge >= 0.3 is 0 Å². The maximum atomic E-state index is 2.46. The minimum absolute atomic E-state index is 0.551. The Kier molecular flexibility index (Phi) is 4.43. The third-order valence-electron chi connectivity index (χ3n) is 5.24. The summed E-state index contributed by atoms with van der Waals surface area (Å²) in [4.78, 5) is 0. The summed E-state index contributed by atoms with van der Waals surface area (Å²) in [6, 6.07) is 22.2. The fraction of sp³-hybridized carbons (Fsp3) is 0.429. The Bertz CT molecular complexity index is 503. The molecule has 0 heterocycles. The van der Waals surface area contributed by atoms with Crippen LogP contribution < -0.4 is 0 Å². The zero-order chi connectivity index (χ0) is 14.7. The van der Waals surface area contributed by atoms with Crippen LogP contribution in [0.2, 0.25) is 0 Å². The van der Waals surface area contributed by atoms with Gasteiger partial charge in [-0.05, 0) is 41.7 Å². The maximum absolute atomic E-state index is 2.46. The topological polar surface area (TPSA) is 0 Å². The average Bonchev–Trinajstić information content (AvgIpc) is 2.52. The van der Waals surface area contributed by atoms with Crippen LogP contribution in [-0.2, 0) is 0 Å². The fourth-order valence-corrected chi connectivity index (χ4v) is 4.19.